The van der Waals surface area contributed by atoms with Gasteiger partial charge in [0.2, 0.25) is 0 Å². The quantitative estimate of drug-likeness (QED) is 0.705. The third-order valence-electron chi connectivity index (χ3n) is 8.29. The summed E-state index contributed by atoms with van der Waals surface area (Å²) in [7, 11) is 0. The lowest BCUT2D eigenvalue weighted by Gasteiger charge is -2.56. The zero-order valence-corrected chi connectivity index (χ0v) is 14.0. The van der Waals surface area contributed by atoms with Gasteiger partial charge in [-0.1, -0.05) is 6.92 Å². The summed E-state index contributed by atoms with van der Waals surface area (Å²) in [5.74, 6) is 4.22. The number of carbonyl (C=O) groups excluding carboxylic acids is 1. The van der Waals surface area contributed by atoms with Crippen LogP contribution in [-0.2, 0) is 9.53 Å². The highest BCUT2D eigenvalue weighted by atomic mass is 16.6. The molecule has 0 aromatic carbocycles. The minimum absolute atomic E-state index is 0.0707. The minimum Gasteiger partial charge on any atom is -0.458 e. The van der Waals surface area contributed by atoms with Crippen molar-refractivity contribution >= 4 is 5.97 Å². The van der Waals surface area contributed by atoms with Crippen LogP contribution in [-0.4, -0.2) is 11.6 Å². The lowest BCUT2D eigenvalue weighted by atomic mass is 9.49. The fourth-order valence-electron chi connectivity index (χ4n) is 7.68. The Hall–Kier alpha value is -0.530. The van der Waals surface area contributed by atoms with Crippen molar-refractivity contribution in [3.8, 4) is 0 Å². The molecule has 0 spiro atoms. The summed E-state index contributed by atoms with van der Waals surface area (Å²) in [4.78, 5) is 13.3. The average Bonchev–Trinajstić information content (AvgIpc) is 3.07. The van der Waals surface area contributed by atoms with E-state index in [4.69, 9.17) is 4.74 Å². The van der Waals surface area contributed by atoms with Crippen LogP contribution in [0.15, 0.2) is 0 Å². The Balaban J connectivity index is 1.38. The first-order valence-corrected chi connectivity index (χ1v) is 9.84. The second kappa shape index (κ2) is 4.51. The molecule has 6 aliphatic rings. The molecule has 6 fully saturated rings. The van der Waals surface area contributed by atoms with Crippen molar-refractivity contribution in [2.24, 2.45) is 35.0 Å². The Bertz CT molecular complexity index is 461. The molecule has 0 aromatic rings. The van der Waals surface area contributed by atoms with E-state index < -0.39 is 0 Å². The van der Waals surface area contributed by atoms with Gasteiger partial charge in [0.05, 0.1) is 5.41 Å². The predicted octanol–water partition coefficient (Wildman–Crippen LogP) is 4.71. The smallest absolute Gasteiger partial charge is 0.312 e. The highest BCUT2D eigenvalue weighted by Crippen LogP contribution is 2.62. The third-order valence-corrected chi connectivity index (χ3v) is 8.29. The van der Waals surface area contributed by atoms with Gasteiger partial charge in [-0.2, -0.15) is 0 Å². The zero-order valence-electron chi connectivity index (χ0n) is 14.0. The minimum atomic E-state index is -0.0800. The maximum Gasteiger partial charge on any atom is 0.312 e. The molecule has 6 bridgehead atoms. The van der Waals surface area contributed by atoms with E-state index in [1.807, 2.05) is 0 Å². The van der Waals surface area contributed by atoms with Crippen molar-refractivity contribution < 1.29 is 9.53 Å². The Kier molecular flexibility index (Phi) is 2.84. The molecule has 122 valence electrons. The fourth-order valence-corrected chi connectivity index (χ4v) is 7.68. The number of hydrogen-bond acceptors (Lipinski definition) is 2. The van der Waals surface area contributed by atoms with Gasteiger partial charge in [0.1, 0.15) is 5.60 Å². The molecule has 6 aliphatic carbocycles. The van der Waals surface area contributed by atoms with Crippen LogP contribution < -0.4 is 0 Å². The van der Waals surface area contributed by atoms with E-state index in [2.05, 4.69) is 6.92 Å². The number of carbonyl (C=O) groups is 1. The van der Waals surface area contributed by atoms with Gasteiger partial charge in [-0.15, -0.1) is 0 Å². The lowest BCUT2D eigenvalue weighted by Crippen LogP contribution is -2.53. The van der Waals surface area contributed by atoms with Gasteiger partial charge >= 0.3 is 5.97 Å². The monoisotopic (exact) mass is 302 g/mol. The largest absolute Gasteiger partial charge is 0.458 e. The molecule has 0 radical (unpaired) electrons. The average molecular weight is 302 g/mol. The Morgan fingerprint density at radius 1 is 0.909 bits per heavy atom. The van der Waals surface area contributed by atoms with Crippen LogP contribution in [0.5, 0.6) is 0 Å². The SMILES string of the molecule is CC[C@@]1(OC(=O)C23CC4CC(CC(C4)C2)C3)C[C@@H]2CC[C@H]1C2. The standard InChI is InChI=1S/C20H30O2/c1-2-20(12-13-3-4-17(20)8-13)22-18(21)19-9-14-5-15(10-19)7-16(6-14)11-19/h13-17H,2-12H2,1H3/t13-,14?,15?,16?,17+,19?,20-/m1/s1. The van der Waals surface area contributed by atoms with E-state index in [-0.39, 0.29) is 17.0 Å². The molecule has 6 saturated carbocycles. The van der Waals surface area contributed by atoms with Gasteiger partial charge in [-0.3, -0.25) is 4.79 Å². The summed E-state index contributed by atoms with van der Waals surface area (Å²) < 4.78 is 6.43. The molecule has 0 heterocycles. The first-order valence-electron chi connectivity index (χ1n) is 9.84. The summed E-state index contributed by atoms with van der Waals surface area (Å²) >= 11 is 0. The van der Waals surface area contributed by atoms with Crippen molar-refractivity contribution in [1.82, 2.24) is 0 Å². The Morgan fingerprint density at radius 3 is 2.00 bits per heavy atom. The molecule has 6 rings (SSSR count). The highest BCUT2D eigenvalue weighted by molar-refractivity contribution is 5.78. The van der Waals surface area contributed by atoms with Gasteiger partial charge in [0.15, 0.2) is 0 Å². The lowest BCUT2D eigenvalue weighted by molar-refractivity contribution is -0.193. The predicted molar refractivity (Wildman–Crippen MR) is 85.2 cm³/mol. The molecule has 0 saturated heterocycles. The van der Waals surface area contributed by atoms with E-state index in [1.165, 1.54) is 38.5 Å². The number of ether oxygens (including phenoxy) is 1. The van der Waals surface area contributed by atoms with Crippen molar-refractivity contribution in [2.45, 2.75) is 83.2 Å². The molecule has 0 amide bonds. The molecule has 0 aromatic heterocycles. The van der Waals surface area contributed by atoms with Crippen LogP contribution in [0.25, 0.3) is 0 Å². The Labute approximate surface area is 134 Å². The molecular formula is C20H30O2. The third kappa shape index (κ3) is 1.82. The second-order valence-corrected chi connectivity index (χ2v) is 9.59. The zero-order chi connectivity index (χ0) is 14.9. The number of hydrogen-bond donors (Lipinski definition) is 0. The van der Waals surface area contributed by atoms with Gasteiger partial charge in [0, 0.05) is 0 Å². The Morgan fingerprint density at radius 2 is 1.55 bits per heavy atom. The maximum absolute atomic E-state index is 13.3. The number of rotatable bonds is 3. The van der Waals surface area contributed by atoms with Crippen LogP contribution in [0.3, 0.4) is 0 Å². The molecular weight excluding hydrogens is 272 g/mol. The summed E-state index contributed by atoms with van der Waals surface area (Å²) in [5.41, 5.74) is -0.151. The normalized spacial score (nSPS) is 54.9. The van der Waals surface area contributed by atoms with Crippen LogP contribution in [0, 0.1) is 35.0 Å². The van der Waals surface area contributed by atoms with Crippen molar-refractivity contribution in [3.05, 3.63) is 0 Å². The molecule has 2 nitrogen and oxygen atoms in total. The van der Waals surface area contributed by atoms with E-state index in [0.717, 1.165) is 55.8 Å². The summed E-state index contributed by atoms with van der Waals surface area (Å²) in [6.07, 6.45) is 13.8. The molecule has 0 unspecified atom stereocenters. The summed E-state index contributed by atoms with van der Waals surface area (Å²) in [6, 6.07) is 0. The molecule has 3 atom stereocenters. The maximum atomic E-state index is 13.3. The molecule has 0 aliphatic heterocycles. The summed E-state index contributed by atoms with van der Waals surface area (Å²) in [6.45, 7) is 2.24. The van der Waals surface area contributed by atoms with E-state index in [0.29, 0.717) is 5.92 Å². The van der Waals surface area contributed by atoms with Crippen LogP contribution >= 0.6 is 0 Å². The first-order chi connectivity index (χ1) is 10.6. The molecule has 0 N–H and O–H groups in total. The topological polar surface area (TPSA) is 26.3 Å². The first kappa shape index (κ1) is 13.9. The second-order valence-electron chi connectivity index (χ2n) is 9.59. The van der Waals surface area contributed by atoms with Gasteiger partial charge in [-0.05, 0) is 100 Å². The van der Waals surface area contributed by atoms with Gasteiger partial charge < -0.3 is 4.74 Å². The van der Waals surface area contributed by atoms with Crippen LogP contribution in [0.1, 0.15) is 77.6 Å². The number of esters is 1. The van der Waals surface area contributed by atoms with Crippen molar-refractivity contribution in [2.75, 3.05) is 0 Å². The van der Waals surface area contributed by atoms with Crippen LogP contribution in [0.4, 0.5) is 0 Å². The van der Waals surface area contributed by atoms with Crippen molar-refractivity contribution in [1.29, 1.82) is 0 Å². The van der Waals surface area contributed by atoms with Gasteiger partial charge in [0.25, 0.3) is 0 Å². The highest BCUT2D eigenvalue weighted by Gasteiger charge is 2.59. The fraction of sp³-hybridized carbons (Fsp3) is 0.950. The van der Waals surface area contributed by atoms with E-state index in [1.54, 1.807) is 0 Å². The van der Waals surface area contributed by atoms with E-state index in [9.17, 15) is 4.79 Å². The molecule has 22 heavy (non-hydrogen) atoms. The van der Waals surface area contributed by atoms with Crippen LogP contribution in [0.2, 0.25) is 0 Å². The molecule has 2 heteroatoms. The number of fused-ring (bicyclic) bond motifs is 2. The van der Waals surface area contributed by atoms with Crippen molar-refractivity contribution in [3.63, 3.8) is 0 Å². The van der Waals surface area contributed by atoms with Gasteiger partial charge in [-0.25, -0.2) is 0 Å². The van der Waals surface area contributed by atoms with E-state index >= 15 is 0 Å². The summed E-state index contributed by atoms with van der Waals surface area (Å²) in [5, 5.41) is 0.